The predicted octanol–water partition coefficient (Wildman–Crippen LogP) is 4.57. The summed E-state index contributed by atoms with van der Waals surface area (Å²) in [5, 5.41) is 14.9. The number of carbonyl (C=O) groups is 3. The topological polar surface area (TPSA) is 114 Å². The Morgan fingerprint density at radius 3 is 2.43 bits per heavy atom. The Hall–Kier alpha value is -3.79. The molecular weight excluding hydrogens is 466 g/mol. The Morgan fingerprint density at radius 2 is 1.71 bits per heavy atom. The van der Waals surface area contributed by atoms with Gasteiger partial charge in [0.1, 0.15) is 5.01 Å². The first-order valence-electron chi connectivity index (χ1n) is 11.5. The normalized spacial score (nSPS) is 15.0. The highest BCUT2D eigenvalue weighted by Gasteiger charge is 2.33. The lowest BCUT2D eigenvalue weighted by molar-refractivity contribution is -0.142. The summed E-state index contributed by atoms with van der Waals surface area (Å²) in [7, 11) is 0. The number of hydrogen-bond acceptors (Lipinski definition) is 7. The third-order valence-corrected chi connectivity index (χ3v) is 6.63. The number of urea groups is 1. The molecule has 0 aliphatic carbocycles. The van der Waals surface area contributed by atoms with E-state index in [0.29, 0.717) is 29.5 Å². The van der Waals surface area contributed by atoms with Crippen LogP contribution in [-0.2, 0) is 16.0 Å². The Kier molecular flexibility index (Phi) is 7.71. The SMILES string of the molecule is CCOC(=O)Cc1ccc(NC(=O)N2CCC[C@@H]2c2nnc(C(=O)Nc3ccc(C)cc3)s2)cc1. The van der Waals surface area contributed by atoms with Gasteiger partial charge < -0.3 is 20.3 Å². The van der Waals surface area contributed by atoms with E-state index in [1.165, 1.54) is 11.3 Å². The molecule has 4 rings (SSSR count). The summed E-state index contributed by atoms with van der Waals surface area (Å²) in [5.74, 6) is -0.609. The molecule has 2 aromatic carbocycles. The third-order valence-electron chi connectivity index (χ3n) is 5.60. The molecule has 9 nitrogen and oxygen atoms in total. The molecule has 0 radical (unpaired) electrons. The first-order valence-corrected chi connectivity index (χ1v) is 12.3. The smallest absolute Gasteiger partial charge is 0.322 e. The molecule has 3 amide bonds. The van der Waals surface area contributed by atoms with Crippen LogP contribution in [0.3, 0.4) is 0 Å². The molecule has 1 fully saturated rings. The first-order chi connectivity index (χ1) is 16.9. The van der Waals surface area contributed by atoms with Gasteiger partial charge in [-0.1, -0.05) is 41.2 Å². The Bertz CT molecular complexity index is 1190. The highest BCUT2D eigenvalue weighted by Crippen LogP contribution is 2.34. The van der Waals surface area contributed by atoms with Crippen LogP contribution in [0.5, 0.6) is 0 Å². The van der Waals surface area contributed by atoms with Gasteiger partial charge >= 0.3 is 12.0 Å². The lowest BCUT2D eigenvalue weighted by Gasteiger charge is -2.23. The van der Waals surface area contributed by atoms with Gasteiger partial charge in [-0.3, -0.25) is 9.59 Å². The number of likely N-dealkylation sites (tertiary alicyclic amines) is 1. The number of nitrogens with one attached hydrogen (secondary N) is 2. The molecule has 10 heteroatoms. The molecule has 1 aliphatic rings. The van der Waals surface area contributed by atoms with Crippen LogP contribution < -0.4 is 10.6 Å². The van der Waals surface area contributed by atoms with E-state index in [2.05, 4.69) is 20.8 Å². The highest BCUT2D eigenvalue weighted by molar-refractivity contribution is 7.13. The maximum Gasteiger partial charge on any atom is 0.322 e. The van der Waals surface area contributed by atoms with Gasteiger partial charge in [-0.15, -0.1) is 10.2 Å². The number of nitrogens with zero attached hydrogens (tertiary/aromatic N) is 3. The minimum atomic E-state index is -0.325. The van der Waals surface area contributed by atoms with E-state index in [1.807, 2.05) is 31.2 Å². The number of amides is 3. The summed E-state index contributed by atoms with van der Waals surface area (Å²) < 4.78 is 4.96. The molecule has 1 saturated heterocycles. The van der Waals surface area contributed by atoms with E-state index >= 15 is 0 Å². The van der Waals surface area contributed by atoms with Crippen molar-refractivity contribution in [3.63, 3.8) is 0 Å². The molecular formula is C25H27N5O4S. The van der Waals surface area contributed by atoms with Crippen LogP contribution in [0.2, 0.25) is 0 Å². The lowest BCUT2D eigenvalue weighted by Crippen LogP contribution is -2.34. The summed E-state index contributed by atoms with van der Waals surface area (Å²) in [6.07, 6.45) is 1.77. The van der Waals surface area contributed by atoms with Crippen molar-refractivity contribution in [2.45, 2.75) is 39.2 Å². The van der Waals surface area contributed by atoms with Crippen molar-refractivity contribution >= 4 is 40.6 Å². The van der Waals surface area contributed by atoms with Crippen molar-refractivity contribution in [1.29, 1.82) is 0 Å². The van der Waals surface area contributed by atoms with E-state index in [1.54, 1.807) is 36.1 Å². The molecule has 0 saturated carbocycles. The minimum absolute atomic E-state index is 0.188. The van der Waals surface area contributed by atoms with Crippen LogP contribution >= 0.6 is 11.3 Å². The van der Waals surface area contributed by atoms with Crippen LogP contribution in [0, 0.1) is 6.92 Å². The largest absolute Gasteiger partial charge is 0.466 e. The van der Waals surface area contributed by atoms with Crippen molar-refractivity contribution in [2.75, 3.05) is 23.8 Å². The summed E-state index contributed by atoms with van der Waals surface area (Å²) in [4.78, 5) is 38.9. The zero-order chi connectivity index (χ0) is 24.8. The average Bonchev–Trinajstić information content (AvgIpc) is 3.52. The number of rotatable bonds is 7. The van der Waals surface area contributed by atoms with Gasteiger partial charge in [-0.05, 0) is 56.5 Å². The van der Waals surface area contributed by atoms with Gasteiger partial charge in [0.25, 0.3) is 5.91 Å². The lowest BCUT2D eigenvalue weighted by atomic mass is 10.1. The maximum atomic E-state index is 13.0. The fourth-order valence-electron chi connectivity index (χ4n) is 3.83. The van der Waals surface area contributed by atoms with E-state index in [4.69, 9.17) is 4.74 Å². The number of carbonyl (C=O) groups excluding carboxylic acids is 3. The first kappa shape index (κ1) is 24.3. The summed E-state index contributed by atoms with van der Waals surface area (Å²) in [5.41, 5.74) is 3.23. The van der Waals surface area contributed by atoms with E-state index in [0.717, 1.165) is 24.0 Å². The van der Waals surface area contributed by atoms with Gasteiger partial charge in [-0.25, -0.2) is 4.79 Å². The highest BCUT2D eigenvalue weighted by atomic mass is 32.1. The summed E-state index contributed by atoms with van der Waals surface area (Å²) >= 11 is 1.20. The van der Waals surface area contributed by atoms with Gasteiger partial charge in [0.2, 0.25) is 5.01 Å². The van der Waals surface area contributed by atoms with Crippen LogP contribution in [0.1, 0.15) is 51.7 Å². The summed E-state index contributed by atoms with van der Waals surface area (Å²) in [6, 6.07) is 14.1. The van der Waals surface area contributed by atoms with Gasteiger partial charge in [0.05, 0.1) is 19.1 Å². The zero-order valence-corrected chi connectivity index (χ0v) is 20.4. The molecule has 3 aromatic rings. The van der Waals surface area contributed by atoms with Gasteiger partial charge in [-0.2, -0.15) is 0 Å². The van der Waals surface area contributed by atoms with Crippen molar-refractivity contribution in [3.05, 3.63) is 69.7 Å². The number of ether oxygens (including phenoxy) is 1. The molecule has 0 bridgehead atoms. The van der Waals surface area contributed by atoms with E-state index in [-0.39, 0.29) is 35.4 Å². The molecule has 2 heterocycles. The van der Waals surface area contributed by atoms with Crippen molar-refractivity contribution in [2.24, 2.45) is 0 Å². The number of anilines is 2. The second-order valence-electron chi connectivity index (χ2n) is 8.23. The number of benzene rings is 2. The quantitative estimate of drug-likeness (QED) is 0.466. The third kappa shape index (κ3) is 6.21. The van der Waals surface area contributed by atoms with E-state index in [9.17, 15) is 14.4 Å². The second-order valence-corrected chi connectivity index (χ2v) is 9.23. The van der Waals surface area contributed by atoms with Crippen LogP contribution in [0.15, 0.2) is 48.5 Å². The molecule has 1 aliphatic heterocycles. The Labute approximate surface area is 207 Å². The van der Waals surface area contributed by atoms with Crippen LogP contribution in [0.25, 0.3) is 0 Å². The van der Waals surface area contributed by atoms with Crippen LogP contribution in [-0.4, -0.2) is 46.2 Å². The molecule has 182 valence electrons. The molecule has 0 unspecified atom stereocenters. The number of aryl methyl sites for hydroxylation is 1. The van der Waals surface area contributed by atoms with Gasteiger partial charge in [0, 0.05) is 17.9 Å². The molecule has 2 N–H and O–H groups in total. The monoisotopic (exact) mass is 493 g/mol. The molecule has 1 atom stereocenters. The predicted molar refractivity (Wildman–Crippen MR) is 134 cm³/mol. The Balaban J connectivity index is 1.37. The minimum Gasteiger partial charge on any atom is -0.466 e. The second kappa shape index (κ2) is 11.1. The van der Waals surface area contributed by atoms with Gasteiger partial charge in [0.15, 0.2) is 0 Å². The van der Waals surface area contributed by atoms with E-state index < -0.39 is 0 Å². The number of esters is 1. The standard InChI is InChI=1S/C25H27N5O4S/c1-3-34-21(31)15-17-8-12-19(13-9-17)27-25(33)30-14-4-5-20(30)23-28-29-24(35-23)22(32)26-18-10-6-16(2)7-11-18/h6-13,20H,3-5,14-15H2,1-2H3,(H,26,32)(H,27,33)/t20-/m1/s1. The van der Waals surface area contributed by atoms with Crippen molar-refractivity contribution in [3.8, 4) is 0 Å². The molecule has 1 aromatic heterocycles. The fourth-order valence-corrected chi connectivity index (χ4v) is 4.72. The van der Waals surface area contributed by atoms with Crippen molar-refractivity contribution in [1.82, 2.24) is 15.1 Å². The maximum absolute atomic E-state index is 13.0. The Morgan fingerprint density at radius 1 is 1.03 bits per heavy atom. The van der Waals surface area contributed by atoms with Crippen molar-refractivity contribution < 1.29 is 19.1 Å². The summed E-state index contributed by atoms with van der Waals surface area (Å²) in [6.45, 7) is 4.68. The molecule has 35 heavy (non-hydrogen) atoms. The zero-order valence-electron chi connectivity index (χ0n) is 19.6. The number of aromatic nitrogens is 2. The molecule has 0 spiro atoms. The average molecular weight is 494 g/mol. The fraction of sp³-hybridized carbons (Fsp3) is 0.320. The van der Waals surface area contributed by atoms with Crippen LogP contribution in [0.4, 0.5) is 16.2 Å². The number of hydrogen-bond donors (Lipinski definition) is 2.